The van der Waals surface area contributed by atoms with Crippen molar-refractivity contribution in [1.29, 1.82) is 0 Å². The molecule has 2 fully saturated rings. The molecule has 4 aromatic rings. The van der Waals surface area contributed by atoms with Gasteiger partial charge in [-0.2, -0.15) is 0 Å². The zero-order valence-corrected chi connectivity index (χ0v) is 21.9. The minimum absolute atomic E-state index is 0.0437. The Morgan fingerprint density at radius 1 is 1.05 bits per heavy atom. The maximum absolute atomic E-state index is 12.9. The van der Waals surface area contributed by atoms with Crippen LogP contribution in [0.2, 0.25) is 0 Å². The smallest absolute Gasteiger partial charge is 0.243 e. The molecule has 1 amide bonds. The van der Waals surface area contributed by atoms with Gasteiger partial charge in [0.05, 0.1) is 23.3 Å². The van der Waals surface area contributed by atoms with Crippen molar-refractivity contribution in [3.8, 4) is 0 Å². The number of amides is 1. The number of nitrogens with one attached hydrogen (secondary N) is 3. The number of para-hydroxylation sites is 2. The Hall–Kier alpha value is -4.07. The van der Waals surface area contributed by atoms with Gasteiger partial charge in [-0.3, -0.25) is 4.79 Å². The number of H-pyrrole nitrogens is 1. The molecule has 6 rings (SSSR count). The van der Waals surface area contributed by atoms with Gasteiger partial charge in [-0.1, -0.05) is 24.3 Å². The monoisotopic (exact) mass is 509 g/mol. The zero-order chi connectivity index (χ0) is 25.9. The molecule has 8 heteroatoms. The minimum Gasteiger partial charge on any atom is -0.376 e. The molecular weight excluding hydrogens is 474 g/mol. The number of aromatic nitrogens is 3. The van der Waals surface area contributed by atoms with Crippen molar-refractivity contribution < 1.29 is 4.79 Å². The molecular formula is C30H35N7O. The lowest BCUT2D eigenvalue weighted by Crippen LogP contribution is -2.35. The third-order valence-corrected chi connectivity index (χ3v) is 7.91. The Morgan fingerprint density at radius 2 is 1.95 bits per heavy atom. The number of rotatable bonds is 7. The molecule has 2 aliphatic heterocycles. The lowest BCUT2D eigenvalue weighted by atomic mass is 9.90. The number of nitrogens with zero attached hydrogens (tertiary/aromatic N) is 4. The highest BCUT2D eigenvalue weighted by Crippen LogP contribution is 2.33. The van der Waals surface area contributed by atoms with E-state index in [9.17, 15) is 4.79 Å². The van der Waals surface area contributed by atoms with Crippen LogP contribution in [-0.4, -0.2) is 53.1 Å². The van der Waals surface area contributed by atoms with Crippen LogP contribution < -0.4 is 20.4 Å². The van der Waals surface area contributed by atoms with Crippen LogP contribution >= 0.6 is 0 Å². The Kier molecular flexibility index (Phi) is 6.86. The van der Waals surface area contributed by atoms with E-state index in [1.807, 2.05) is 36.5 Å². The Balaban J connectivity index is 1.10. The quantitative estimate of drug-likeness (QED) is 0.310. The molecule has 2 saturated heterocycles. The molecule has 1 unspecified atom stereocenters. The van der Waals surface area contributed by atoms with Gasteiger partial charge in [-0.05, 0) is 68.5 Å². The largest absolute Gasteiger partial charge is 0.376 e. The van der Waals surface area contributed by atoms with E-state index in [1.165, 1.54) is 18.4 Å². The molecule has 2 atom stereocenters. The predicted molar refractivity (Wildman–Crippen MR) is 154 cm³/mol. The molecule has 2 aromatic heterocycles. The van der Waals surface area contributed by atoms with Crippen LogP contribution in [0.5, 0.6) is 0 Å². The Morgan fingerprint density at radius 3 is 2.84 bits per heavy atom. The van der Waals surface area contributed by atoms with E-state index < -0.39 is 0 Å². The van der Waals surface area contributed by atoms with Crippen LogP contribution in [-0.2, 0) is 4.79 Å². The first-order valence-electron chi connectivity index (χ1n) is 13.7. The highest BCUT2D eigenvalue weighted by Gasteiger charge is 2.25. The Labute approximate surface area is 223 Å². The highest BCUT2D eigenvalue weighted by molar-refractivity contribution is 5.97. The topological polar surface area (TPSA) is 89.2 Å². The van der Waals surface area contributed by atoms with Gasteiger partial charge in [0.1, 0.15) is 17.8 Å². The number of benzene rings is 2. The number of hydrogen-bond donors (Lipinski definition) is 3. The van der Waals surface area contributed by atoms with Gasteiger partial charge in [-0.25, -0.2) is 9.97 Å². The van der Waals surface area contributed by atoms with Crippen LogP contribution in [0.1, 0.15) is 44.1 Å². The van der Waals surface area contributed by atoms with Gasteiger partial charge in [0.15, 0.2) is 0 Å². The van der Waals surface area contributed by atoms with Crippen molar-refractivity contribution in [2.45, 2.75) is 44.6 Å². The molecule has 2 aromatic carbocycles. The first kappa shape index (κ1) is 24.3. The molecule has 0 aliphatic carbocycles. The molecule has 0 spiro atoms. The van der Waals surface area contributed by atoms with Crippen molar-refractivity contribution in [2.75, 3.05) is 46.6 Å². The summed E-state index contributed by atoms with van der Waals surface area (Å²) in [5, 5.41) is 7.53. The first-order chi connectivity index (χ1) is 18.7. The fraction of sp³-hybridized carbons (Fsp3) is 0.367. The van der Waals surface area contributed by atoms with E-state index in [0.717, 1.165) is 66.4 Å². The summed E-state index contributed by atoms with van der Waals surface area (Å²) in [6.45, 7) is 5.40. The summed E-state index contributed by atoms with van der Waals surface area (Å²) in [4.78, 5) is 29.8. The zero-order valence-electron chi connectivity index (χ0n) is 21.9. The lowest BCUT2D eigenvalue weighted by Gasteiger charge is -2.34. The SMILES string of the molecule is C[C@@H]1CCCN1c1ccccc1NC(=O)CNc1cccc(C2CCCN(c3ncnc4[nH]ccc34)C2)c1. The van der Waals surface area contributed by atoms with Crippen molar-refractivity contribution >= 4 is 39.8 Å². The second-order valence-electron chi connectivity index (χ2n) is 10.5. The number of aromatic amines is 1. The van der Waals surface area contributed by atoms with Gasteiger partial charge >= 0.3 is 0 Å². The van der Waals surface area contributed by atoms with Crippen LogP contribution in [0.15, 0.2) is 67.1 Å². The second-order valence-corrected chi connectivity index (χ2v) is 10.5. The van der Waals surface area contributed by atoms with Crippen molar-refractivity contribution in [3.05, 3.63) is 72.7 Å². The standard InChI is InChI=1S/C30H35N7O/c1-21-7-5-16-37(21)27-12-3-2-11-26(27)35-28(38)18-32-24-10-4-8-22(17-24)23-9-6-15-36(19-23)30-25-13-14-31-29(25)33-20-34-30/h2-4,8,10-14,17,20-21,23,32H,5-7,9,15-16,18-19H2,1H3,(H,35,38)(H,31,33,34)/t21-,23?/m1/s1. The molecule has 0 bridgehead atoms. The fourth-order valence-corrected chi connectivity index (χ4v) is 5.95. The van der Waals surface area contributed by atoms with Crippen LogP contribution in [0, 0.1) is 0 Å². The molecule has 3 N–H and O–H groups in total. The molecule has 0 radical (unpaired) electrons. The summed E-state index contributed by atoms with van der Waals surface area (Å²) in [6.07, 6.45) is 8.17. The van der Waals surface area contributed by atoms with Crippen LogP contribution in [0.3, 0.4) is 0 Å². The number of carbonyl (C=O) groups is 1. The first-order valence-corrected chi connectivity index (χ1v) is 13.7. The van der Waals surface area contributed by atoms with Gasteiger partial charge in [-0.15, -0.1) is 0 Å². The molecule has 2 aliphatic rings. The van der Waals surface area contributed by atoms with Gasteiger partial charge in [0.2, 0.25) is 5.91 Å². The van der Waals surface area contributed by atoms with Crippen LogP contribution in [0.25, 0.3) is 11.0 Å². The number of anilines is 4. The third-order valence-electron chi connectivity index (χ3n) is 7.91. The minimum atomic E-state index is -0.0437. The van der Waals surface area contributed by atoms with E-state index >= 15 is 0 Å². The van der Waals surface area contributed by atoms with E-state index in [-0.39, 0.29) is 12.5 Å². The number of carbonyl (C=O) groups excluding carboxylic acids is 1. The van der Waals surface area contributed by atoms with E-state index in [0.29, 0.717) is 12.0 Å². The summed E-state index contributed by atoms with van der Waals surface area (Å²) < 4.78 is 0. The molecule has 38 heavy (non-hydrogen) atoms. The molecule has 0 saturated carbocycles. The predicted octanol–water partition coefficient (Wildman–Crippen LogP) is 5.38. The van der Waals surface area contributed by atoms with Crippen LogP contribution in [0.4, 0.5) is 22.9 Å². The Bertz CT molecular complexity index is 1420. The van der Waals surface area contributed by atoms with E-state index in [4.69, 9.17) is 0 Å². The summed E-state index contributed by atoms with van der Waals surface area (Å²) in [6, 6.07) is 19.1. The summed E-state index contributed by atoms with van der Waals surface area (Å²) >= 11 is 0. The number of piperidine rings is 1. The second kappa shape index (κ2) is 10.7. The van der Waals surface area contributed by atoms with Crippen molar-refractivity contribution in [2.24, 2.45) is 0 Å². The molecule has 8 nitrogen and oxygen atoms in total. The average Bonchev–Trinajstić information content (AvgIpc) is 3.61. The van der Waals surface area contributed by atoms with E-state index in [1.54, 1.807) is 6.33 Å². The highest BCUT2D eigenvalue weighted by atomic mass is 16.1. The molecule has 196 valence electrons. The summed E-state index contributed by atoms with van der Waals surface area (Å²) in [5.41, 5.74) is 5.11. The van der Waals surface area contributed by atoms with Gasteiger partial charge < -0.3 is 25.4 Å². The fourth-order valence-electron chi connectivity index (χ4n) is 5.95. The number of fused-ring (bicyclic) bond motifs is 1. The van der Waals surface area contributed by atoms with Gasteiger partial charge in [0.25, 0.3) is 0 Å². The van der Waals surface area contributed by atoms with Gasteiger partial charge in [0, 0.05) is 43.5 Å². The summed E-state index contributed by atoms with van der Waals surface area (Å²) in [7, 11) is 0. The molecule has 4 heterocycles. The maximum Gasteiger partial charge on any atom is 0.243 e. The maximum atomic E-state index is 12.9. The summed E-state index contributed by atoms with van der Waals surface area (Å²) in [5.74, 6) is 1.35. The average molecular weight is 510 g/mol. The van der Waals surface area contributed by atoms with Crippen molar-refractivity contribution in [3.63, 3.8) is 0 Å². The third kappa shape index (κ3) is 5.03. The number of hydrogen-bond acceptors (Lipinski definition) is 6. The normalized spacial score (nSPS) is 19.6. The van der Waals surface area contributed by atoms with Crippen molar-refractivity contribution in [1.82, 2.24) is 15.0 Å². The lowest BCUT2D eigenvalue weighted by molar-refractivity contribution is -0.114. The van der Waals surface area contributed by atoms with E-state index in [2.05, 4.69) is 66.6 Å².